The smallest absolute Gasteiger partial charge is 0.0555 e. The van der Waals surface area contributed by atoms with Gasteiger partial charge in [-0.1, -0.05) is 24.3 Å². The maximum absolute atomic E-state index is 4.13. The van der Waals surface area contributed by atoms with E-state index in [2.05, 4.69) is 68.7 Å². The van der Waals surface area contributed by atoms with Crippen LogP contribution in [-0.4, -0.2) is 4.98 Å². The first kappa shape index (κ1) is 12.2. The van der Waals surface area contributed by atoms with E-state index in [4.69, 9.17) is 0 Å². The molecule has 2 nitrogen and oxygen atoms in total. The number of pyridine rings is 1. The molecule has 4 rings (SSSR count). The fraction of sp³-hybridized carbons (Fsp3) is 0.235. The van der Waals surface area contributed by atoms with Crippen molar-refractivity contribution in [1.82, 2.24) is 4.98 Å². The van der Waals surface area contributed by atoms with Crippen LogP contribution in [0.15, 0.2) is 59.4 Å². The normalized spacial score (nSPS) is 26.8. The molecule has 0 saturated heterocycles. The zero-order valence-corrected chi connectivity index (χ0v) is 12.5. The number of nitrogens with one attached hydrogen (secondary N) is 1. The van der Waals surface area contributed by atoms with Gasteiger partial charge < -0.3 is 5.32 Å². The highest BCUT2D eigenvalue weighted by atomic mass is 79.9. The minimum Gasteiger partial charge on any atom is -0.377 e. The van der Waals surface area contributed by atoms with Gasteiger partial charge in [-0.2, -0.15) is 0 Å². The standard InChI is InChI=1S/C17H15BrN2/c18-15-6-2-5-14-12-3-1-4-13(12)16(20-17(14)15)11-7-9-19-10-8-11/h1-3,5-10,12-13,16,20H,4H2/t12-,13-,16+/m0/s1. The van der Waals surface area contributed by atoms with Gasteiger partial charge in [-0.05, 0) is 57.6 Å². The molecule has 20 heavy (non-hydrogen) atoms. The number of para-hydroxylation sites is 1. The molecule has 1 N–H and O–H groups in total. The average Bonchev–Trinajstić information content (AvgIpc) is 2.97. The number of rotatable bonds is 1. The number of anilines is 1. The van der Waals surface area contributed by atoms with Crippen LogP contribution in [-0.2, 0) is 0 Å². The number of benzene rings is 1. The maximum atomic E-state index is 4.13. The maximum Gasteiger partial charge on any atom is 0.0555 e. The minimum atomic E-state index is 0.351. The lowest BCUT2D eigenvalue weighted by molar-refractivity contribution is 0.425. The van der Waals surface area contributed by atoms with Gasteiger partial charge in [-0.3, -0.25) is 4.98 Å². The van der Waals surface area contributed by atoms with Gasteiger partial charge in [-0.25, -0.2) is 0 Å². The summed E-state index contributed by atoms with van der Waals surface area (Å²) in [5, 5.41) is 3.74. The van der Waals surface area contributed by atoms with E-state index < -0.39 is 0 Å². The van der Waals surface area contributed by atoms with Gasteiger partial charge in [0.1, 0.15) is 0 Å². The molecule has 1 aliphatic carbocycles. The summed E-state index contributed by atoms with van der Waals surface area (Å²) < 4.78 is 1.15. The summed E-state index contributed by atoms with van der Waals surface area (Å²) in [6.07, 6.45) is 9.58. The third kappa shape index (κ3) is 1.80. The quantitative estimate of drug-likeness (QED) is 0.770. The zero-order valence-electron chi connectivity index (χ0n) is 11.0. The van der Waals surface area contributed by atoms with Gasteiger partial charge in [0.15, 0.2) is 0 Å². The van der Waals surface area contributed by atoms with Crippen molar-refractivity contribution in [3.05, 3.63) is 70.5 Å². The Morgan fingerprint density at radius 1 is 1.15 bits per heavy atom. The molecule has 2 heterocycles. The summed E-state index contributed by atoms with van der Waals surface area (Å²) >= 11 is 3.68. The van der Waals surface area contributed by atoms with Crippen molar-refractivity contribution >= 4 is 21.6 Å². The number of fused-ring (bicyclic) bond motifs is 3. The Kier molecular flexibility index (Phi) is 2.88. The highest BCUT2D eigenvalue weighted by Gasteiger charge is 2.38. The second-order valence-electron chi connectivity index (χ2n) is 5.46. The van der Waals surface area contributed by atoms with Crippen LogP contribution >= 0.6 is 15.9 Å². The Labute approximate surface area is 127 Å². The molecule has 0 amide bonds. The topological polar surface area (TPSA) is 24.9 Å². The van der Waals surface area contributed by atoms with Crippen molar-refractivity contribution in [3.63, 3.8) is 0 Å². The van der Waals surface area contributed by atoms with Crippen molar-refractivity contribution in [2.24, 2.45) is 5.92 Å². The van der Waals surface area contributed by atoms with Gasteiger partial charge in [0.2, 0.25) is 0 Å². The number of halogens is 1. The Hall–Kier alpha value is -1.61. The van der Waals surface area contributed by atoms with E-state index in [-0.39, 0.29) is 0 Å². The lowest BCUT2D eigenvalue weighted by Crippen LogP contribution is -2.29. The molecule has 3 heteroatoms. The molecule has 0 bridgehead atoms. The van der Waals surface area contributed by atoms with Crippen LogP contribution < -0.4 is 5.32 Å². The lowest BCUT2D eigenvalue weighted by atomic mass is 9.77. The molecule has 2 aliphatic rings. The van der Waals surface area contributed by atoms with Crippen molar-refractivity contribution in [2.45, 2.75) is 18.4 Å². The van der Waals surface area contributed by atoms with E-state index in [1.807, 2.05) is 12.4 Å². The largest absolute Gasteiger partial charge is 0.377 e. The number of nitrogens with zero attached hydrogens (tertiary/aromatic N) is 1. The predicted octanol–water partition coefficient (Wildman–Crippen LogP) is 4.67. The predicted molar refractivity (Wildman–Crippen MR) is 84.7 cm³/mol. The third-order valence-corrected chi connectivity index (χ3v) is 5.07. The summed E-state index contributed by atoms with van der Waals surface area (Å²) in [6.45, 7) is 0. The van der Waals surface area contributed by atoms with E-state index in [0.29, 0.717) is 17.9 Å². The van der Waals surface area contributed by atoms with Crippen LogP contribution in [0.5, 0.6) is 0 Å². The first-order valence-corrected chi connectivity index (χ1v) is 7.75. The molecule has 1 aliphatic heterocycles. The van der Waals surface area contributed by atoms with Crippen molar-refractivity contribution in [3.8, 4) is 0 Å². The summed E-state index contributed by atoms with van der Waals surface area (Å²) in [7, 11) is 0. The number of aromatic nitrogens is 1. The second kappa shape index (κ2) is 4.74. The fourth-order valence-corrected chi connectivity index (χ4v) is 3.98. The second-order valence-corrected chi connectivity index (χ2v) is 6.31. The van der Waals surface area contributed by atoms with Crippen LogP contribution in [0, 0.1) is 5.92 Å². The lowest BCUT2D eigenvalue weighted by Gasteiger charge is -2.38. The van der Waals surface area contributed by atoms with Crippen LogP contribution in [0.3, 0.4) is 0 Å². The molecule has 1 aromatic heterocycles. The van der Waals surface area contributed by atoms with E-state index in [0.717, 1.165) is 10.9 Å². The van der Waals surface area contributed by atoms with Gasteiger partial charge in [0, 0.05) is 22.8 Å². The Morgan fingerprint density at radius 2 is 2.00 bits per heavy atom. The molecule has 0 radical (unpaired) electrons. The van der Waals surface area contributed by atoms with Gasteiger partial charge in [0.25, 0.3) is 0 Å². The molecule has 2 aromatic rings. The first-order chi connectivity index (χ1) is 9.84. The molecular weight excluding hydrogens is 312 g/mol. The first-order valence-electron chi connectivity index (χ1n) is 6.96. The highest BCUT2D eigenvalue weighted by molar-refractivity contribution is 9.10. The molecule has 100 valence electrons. The fourth-order valence-electron chi connectivity index (χ4n) is 3.48. The van der Waals surface area contributed by atoms with Gasteiger partial charge >= 0.3 is 0 Å². The molecule has 0 fully saturated rings. The molecule has 0 saturated carbocycles. The Balaban J connectivity index is 1.83. The minimum absolute atomic E-state index is 0.351. The summed E-state index contributed by atoms with van der Waals surface area (Å²) in [4.78, 5) is 4.13. The van der Waals surface area contributed by atoms with Gasteiger partial charge in [0.05, 0.1) is 11.7 Å². The third-order valence-electron chi connectivity index (χ3n) is 4.41. The van der Waals surface area contributed by atoms with Gasteiger partial charge in [-0.15, -0.1) is 0 Å². The number of hydrogen-bond donors (Lipinski definition) is 1. The summed E-state index contributed by atoms with van der Waals surface area (Å²) in [6, 6.07) is 11.1. The average molecular weight is 327 g/mol. The molecule has 1 aromatic carbocycles. The van der Waals surface area contributed by atoms with E-state index in [1.165, 1.54) is 16.8 Å². The monoisotopic (exact) mass is 326 g/mol. The van der Waals surface area contributed by atoms with Crippen LogP contribution in [0.4, 0.5) is 5.69 Å². The molecule has 0 unspecified atom stereocenters. The zero-order chi connectivity index (χ0) is 13.5. The molecule has 0 spiro atoms. The molecular formula is C17H15BrN2. The van der Waals surface area contributed by atoms with Crippen LogP contribution in [0.25, 0.3) is 0 Å². The molecule has 3 atom stereocenters. The summed E-state index contributed by atoms with van der Waals surface area (Å²) in [5.41, 5.74) is 3.96. The van der Waals surface area contributed by atoms with Crippen LogP contribution in [0.2, 0.25) is 0 Å². The highest BCUT2D eigenvalue weighted by Crippen LogP contribution is 2.51. The van der Waals surface area contributed by atoms with E-state index in [1.54, 1.807) is 0 Å². The number of hydrogen-bond acceptors (Lipinski definition) is 2. The summed E-state index contributed by atoms with van der Waals surface area (Å²) in [5.74, 6) is 1.11. The van der Waals surface area contributed by atoms with Crippen molar-refractivity contribution in [2.75, 3.05) is 5.32 Å². The van der Waals surface area contributed by atoms with E-state index >= 15 is 0 Å². The number of allylic oxidation sites excluding steroid dienone is 2. The SMILES string of the molecule is Brc1cccc2c1N[C@H](c1ccncc1)[C@H]1CC=C[C@H]21. The van der Waals surface area contributed by atoms with E-state index in [9.17, 15) is 0 Å². The Morgan fingerprint density at radius 3 is 2.85 bits per heavy atom. The van der Waals surface area contributed by atoms with Crippen molar-refractivity contribution in [1.29, 1.82) is 0 Å². The Bertz CT molecular complexity index is 666. The van der Waals surface area contributed by atoms with Crippen molar-refractivity contribution < 1.29 is 0 Å². The van der Waals surface area contributed by atoms with Crippen LogP contribution in [0.1, 0.15) is 29.5 Å².